The van der Waals surface area contributed by atoms with Crippen LogP contribution in [0.3, 0.4) is 0 Å². The number of hydrogen-bond acceptors (Lipinski definition) is 6. The number of nitro groups is 2. The second-order valence-corrected chi connectivity index (χ2v) is 7.12. The molecule has 0 aromatic heterocycles. The number of piperazine rings is 1. The standard InChI is InChI=1S/C20H21FN4O5/c21-18-13-16(3-6-19(18)25(29)30)7-9-22-11-12-23(20(26)14-22)10-8-15-1-4-17(5-2-15)24(27)28/h1-6,13H,7-12,14H2. The second kappa shape index (κ2) is 9.40. The van der Waals surface area contributed by atoms with Gasteiger partial charge in [-0.2, -0.15) is 4.39 Å². The van der Waals surface area contributed by atoms with Gasteiger partial charge in [-0.15, -0.1) is 0 Å². The third-order valence-electron chi connectivity index (χ3n) is 5.14. The lowest BCUT2D eigenvalue weighted by Gasteiger charge is -2.34. The van der Waals surface area contributed by atoms with Crippen LogP contribution in [0.15, 0.2) is 42.5 Å². The molecule has 1 aliphatic heterocycles. The van der Waals surface area contributed by atoms with Crippen molar-refractivity contribution < 1.29 is 19.0 Å². The Bertz CT molecular complexity index is 951. The Hall–Kier alpha value is -3.40. The molecule has 1 heterocycles. The molecule has 1 amide bonds. The topological polar surface area (TPSA) is 110 Å². The number of amides is 1. The average Bonchev–Trinajstić information content (AvgIpc) is 2.71. The minimum absolute atomic E-state index is 0.00181. The van der Waals surface area contributed by atoms with Crippen molar-refractivity contribution in [2.75, 3.05) is 32.7 Å². The van der Waals surface area contributed by atoms with Crippen molar-refractivity contribution in [1.82, 2.24) is 9.80 Å². The maximum absolute atomic E-state index is 13.7. The number of benzene rings is 2. The fourth-order valence-electron chi connectivity index (χ4n) is 3.37. The van der Waals surface area contributed by atoms with Gasteiger partial charge in [0.2, 0.25) is 11.7 Å². The van der Waals surface area contributed by atoms with Crippen LogP contribution in [0.1, 0.15) is 11.1 Å². The van der Waals surface area contributed by atoms with Crippen LogP contribution in [0.2, 0.25) is 0 Å². The normalized spacial score (nSPS) is 14.7. The highest BCUT2D eigenvalue weighted by atomic mass is 19.1. The largest absolute Gasteiger partial charge is 0.340 e. The van der Waals surface area contributed by atoms with Gasteiger partial charge in [0.05, 0.1) is 16.4 Å². The third-order valence-corrected chi connectivity index (χ3v) is 5.14. The molecule has 30 heavy (non-hydrogen) atoms. The molecule has 0 aliphatic carbocycles. The molecule has 10 heteroatoms. The number of halogens is 1. The number of nitrogens with zero attached hydrogens (tertiary/aromatic N) is 4. The molecular formula is C20H21FN4O5. The van der Waals surface area contributed by atoms with Crippen molar-refractivity contribution in [2.45, 2.75) is 12.8 Å². The number of hydrogen-bond donors (Lipinski definition) is 0. The molecule has 0 atom stereocenters. The van der Waals surface area contributed by atoms with Crippen LogP contribution in [0.5, 0.6) is 0 Å². The van der Waals surface area contributed by atoms with Crippen molar-refractivity contribution in [3.8, 4) is 0 Å². The van der Waals surface area contributed by atoms with E-state index in [1.165, 1.54) is 24.3 Å². The minimum atomic E-state index is -0.857. The third kappa shape index (κ3) is 5.35. The van der Waals surface area contributed by atoms with E-state index in [-0.39, 0.29) is 18.1 Å². The molecule has 2 aromatic carbocycles. The Balaban J connectivity index is 1.45. The van der Waals surface area contributed by atoms with Gasteiger partial charge in [-0.25, -0.2) is 0 Å². The molecule has 1 fully saturated rings. The van der Waals surface area contributed by atoms with Gasteiger partial charge in [0, 0.05) is 44.4 Å². The van der Waals surface area contributed by atoms with Crippen LogP contribution in [0.4, 0.5) is 15.8 Å². The predicted octanol–water partition coefficient (Wildman–Crippen LogP) is 2.57. The van der Waals surface area contributed by atoms with Crippen molar-refractivity contribution in [2.24, 2.45) is 0 Å². The van der Waals surface area contributed by atoms with Crippen LogP contribution < -0.4 is 0 Å². The van der Waals surface area contributed by atoms with E-state index in [0.717, 1.165) is 11.6 Å². The van der Waals surface area contributed by atoms with E-state index in [2.05, 4.69) is 0 Å². The van der Waals surface area contributed by atoms with Gasteiger partial charge < -0.3 is 4.90 Å². The van der Waals surface area contributed by atoms with Gasteiger partial charge in [-0.1, -0.05) is 18.2 Å². The fraction of sp³-hybridized carbons (Fsp3) is 0.350. The maximum Gasteiger partial charge on any atom is 0.304 e. The summed E-state index contributed by atoms with van der Waals surface area (Å²) in [6, 6.07) is 10.2. The summed E-state index contributed by atoms with van der Waals surface area (Å²) in [6.07, 6.45) is 1.11. The summed E-state index contributed by atoms with van der Waals surface area (Å²) in [7, 11) is 0. The second-order valence-electron chi connectivity index (χ2n) is 7.12. The molecule has 0 unspecified atom stereocenters. The lowest BCUT2D eigenvalue weighted by molar-refractivity contribution is -0.387. The van der Waals surface area contributed by atoms with Gasteiger partial charge in [-0.05, 0) is 30.0 Å². The summed E-state index contributed by atoms with van der Waals surface area (Å²) in [5.74, 6) is -0.859. The van der Waals surface area contributed by atoms with Gasteiger partial charge in [0.25, 0.3) is 5.69 Å². The van der Waals surface area contributed by atoms with E-state index in [1.54, 1.807) is 17.0 Å². The summed E-state index contributed by atoms with van der Waals surface area (Å²) in [5.41, 5.74) is 1.06. The van der Waals surface area contributed by atoms with Crippen LogP contribution >= 0.6 is 0 Å². The summed E-state index contributed by atoms with van der Waals surface area (Å²) in [5, 5.41) is 21.4. The fourth-order valence-corrected chi connectivity index (χ4v) is 3.37. The molecule has 3 rings (SSSR count). The Morgan fingerprint density at radius 3 is 2.17 bits per heavy atom. The van der Waals surface area contributed by atoms with Crippen molar-refractivity contribution in [1.29, 1.82) is 0 Å². The van der Waals surface area contributed by atoms with Crippen LogP contribution in [-0.4, -0.2) is 58.3 Å². The van der Waals surface area contributed by atoms with Crippen LogP contribution in [-0.2, 0) is 17.6 Å². The van der Waals surface area contributed by atoms with Gasteiger partial charge in [0.15, 0.2) is 0 Å². The highest BCUT2D eigenvalue weighted by Crippen LogP contribution is 2.19. The van der Waals surface area contributed by atoms with E-state index in [0.29, 0.717) is 44.6 Å². The molecule has 0 spiro atoms. The number of carbonyl (C=O) groups excluding carboxylic acids is 1. The summed E-state index contributed by atoms with van der Waals surface area (Å²) in [4.78, 5) is 36.3. The van der Waals surface area contributed by atoms with E-state index in [9.17, 15) is 29.4 Å². The average molecular weight is 416 g/mol. The summed E-state index contributed by atoms with van der Waals surface area (Å²) in [6.45, 7) is 2.61. The van der Waals surface area contributed by atoms with Crippen molar-refractivity contribution >= 4 is 17.3 Å². The van der Waals surface area contributed by atoms with Gasteiger partial charge >= 0.3 is 5.69 Å². The number of carbonyl (C=O) groups is 1. The molecule has 1 saturated heterocycles. The SMILES string of the molecule is O=C1CN(CCc2ccc([N+](=O)[O-])c(F)c2)CCN1CCc1ccc([N+](=O)[O-])cc1. The lowest BCUT2D eigenvalue weighted by atomic mass is 10.1. The Labute approximate surface area is 172 Å². The molecular weight excluding hydrogens is 395 g/mol. The van der Waals surface area contributed by atoms with E-state index in [1.807, 2.05) is 4.90 Å². The number of rotatable bonds is 8. The first-order valence-corrected chi connectivity index (χ1v) is 9.50. The maximum atomic E-state index is 13.7. The molecule has 0 N–H and O–H groups in total. The Morgan fingerprint density at radius 2 is 1.57 bits per heavy atom. The summed E-state index contributed by atoms with van der Waals surface area (Å²) < 4.78 is 13.7. The number of nitro benzene ring substituents is 2. The zero-order valence-corrected chi connectivity index (χ0v) is 16.2. The van der Waals surface area contributed by atoms with Crippen molar-refractivity contribution in [3.63, 3.8) is 0 Å². The highest BCUT2D eigenvalue weighted by Gasteiger charge is 2.23. The first-order valence-electron chi connectivity index (χ1n) is 9.50. The van der Waals surface area contributed by atoms with Crippen molar-refractivity contribution in [3.05, 3.63) is 79.6 Å². The lowest BCUT2D eigenvalue weighted by Crippen LogP contribution is -2.51. The molecule has 0 bridgehead atoms. The van der Waals surface area contributed by atoms with Gasteiger partial charge in [0.1, 0.15) is 0 Å². The van der Waals surface area contributed by atoms with Crippen LogP contribution in [0, 0.1) is 26.0 Å². The molecule has 0 radical (unpaired) electrons. The smallest absolute Gasteiger partial charge is 0.304 e. The van der Waals surface area contributed by atoms with Crippen LogP contribution in [0.25, 0.3) is 0 Å². The molecule has 1 aliphatic rings. The molecule has 0 saturated carbocycles. The first kappa shape index (κ1) is 21.3. The zero-order valence-electron chi connectivity index (χ0n) is 16.2. The molecule has 9 nitrogen and oxygen atoms in total. The monoisotopic (exact) mass is 416 g/mol. The predicted molar refractivity (Wildman–Crippen MR) is 107 cm³/mol. The number of non-ortho nitro benzene ring substituents is 1. The minimum Gasteiger partial charge on any atom is -0.340 e. The van der Waals surface area contributed by atoms with E-state index >= 15 is 0 Å². The molecule has 158 valence electrons. The summed E-state index contributed by atoms with van der Waals surface area (Å²) >= 11 is 0. The zero-order chi connectivity index (χ0) is 21.7. The quantitative estimate of drug-likeness (QED) is 0.483. The Morgan fingerprint density at radius 1 is 0.900 bits per heavy atom. The van der Waals surface area contributed by atoms with E-state index < -0.39 is 21.4 Å². The highest BCUT2D eigenvalue weighted by molar-refractivity contribution is 5.79. The van der Waals surface area contributed by atoms with E-state index in [4.69, 9.17) is 0 Å². The van der Waals surface area contributed by atoms with Gasteiger partial charge in [-0.3, -0.25) is 29.9 Å². The molecule has 2 aromatic rings. The Kier molecular flexibility index (Phi) is 6.68. The first-order chi connectivity index (χ1) is 14.3.